The van der Waals surface area contributed by atoms with Crippen LogP contribution in [0.25, 0.3) is 0 Å². The average Bonchev–Trinajstić information content (AvgIpc) is 3.22. The third-order valence-corrected chi connectivity index (χ3v) is 5.36. The number of rotatable bonds is 8. The number of hydrogen-bond acceptors (Lipinski definition) is 4. The average molecular weight is 529 g/mol. The second-order valence-electron chi connectivity index (χ2n) is 7.64. The van der Waals surface area contributed by atoms with E-state index in [0.717, 1.165) is 17.7 Å². The number of amides is 1. The van der Waals surface area contributed by atoms with Crippen molar-refractivity contribution in [2.75, 3.05) is 6.54 Å². The smallest absolute Gasteiger partial charge is 0.430 e. The van der Waals surface area contributed by atoms with Gasteiger partial charge in [0.25, 0.3) is 0 Å². The van der Waals surface area contributed by atoms with Crippen LogP contribution < -0.4 is 10.4 Å². The van der Waals surface area contributed by atoms with Crippen molar-refractivity contribution in [2.45, 2.75) is 38.4 Å². The van der Waals surface area contributed by atoms with Crippen molar-refractivity contribution in [3.63, 3.8) is 0 Å². The minimum absolute atomic E-state index is 0.0169. The van der Waals surface area contributed by atoms with Crippen molar-refractivity contribution in [1.82, 2.24) is 15.1 Å². The fraction of sp³-hybridized carbons (Fsp3) is 0.292. The lowest BCUT2D eigenvalue weighted by atomic mass is 9.92. The first-order chi connectivity index (χ1) is 16.4. The molecule has 0 fully saturated rings. The van der Waals surface area contributed by atoms with Gasteiger partial charge in [0.2, 0.25) is 5.91 Å². The van der Waals surface area contributed by atoms with Gasteiger partial charge in [-0.05, 0) is 54.8 Å². The van der Waals surface area contributed by atoms with Gasteiger partial charge in [0, 0.05) is 41.7 Å². The number of halogens is 5. The van der Waals surface area contributed by atoms with Crippen LogP contribution in [-0.2, 0) is 22.6 Å². The number of nitrogens with zero attached hydrogens (tertiary/aromatic N) is 2. The number of alkyl halides is 3. The number of nitrogens with one attached hydrogen (secondary N) is 1. The Kier molecular flexibility index (Phi) is 10.6. The summed E-state index contributed by atoms with van der Waals surface area (Å²) in [6.45, 7) is 3.06. The minimum atomic E-state index is -5.19. The summed E-state index contributed by atoms with van der Waals surface area (Å²) in [6, 6.07) is 17.5. The van der Waals surface area contributed by atoms with Crippen molar-refractivity contribution in [1.29, 1.82) is 0 Å². The maximum atomic E-state index is 12.3. The summed E-state index contributed by atoms with van der Waals surface area (Å²) in [5, 5.41) is 17.6. The first-order valence-corrected chi connectivity index (χ1v) is 11.2. The van der Waals surface area contributed by atoms with Crippen molar-refractivity contribution in [3.05, 3.63) is 87.7 Å². The zero-order valence-corrected chi connectivity index (χ0v) is 20.2. The fourth-order valence-corrected chi connectivity index (χ4v) is 3.33. The Hall–Kier alpha value is -3.04. The number of carboxylic acids is 1. The topological polar surface area (TPSA) is 87.0 Å². The standard InChI is InChI=1S/C22H23Cl2N3O.C2HF3O2/c1-16-10-12-27(26-16)13-11-22(28)25-15-19(18-4-8-21(24)9-5-18)14-17-2-6-20(23)7-3-17;3-2(4,5)1(6)7/h2-10,12,19H,11,13-15H2,1H3,(H,25,28);(H,6,7)/p-1/t19-;/m0./s1. The van der Waals surface area contributed by atoms with Gasteiger partial charge in [-0.2, -0.15) is 18.3 Å². The van der Waals surface area contributed by atoms with Crippen molar-refractivity contribution in [2.24, 2.45) is 0 Å². The number of aryl methyl sites for hydroxylation is 2. The molecule has 1 aromatic heterocycles. The predicted octanol–water partition coefficient (Wildman–Crippen LogP) is 4.33. The minimum Gasteiger partial charge on any atom is -0.542 e. The van der Waals surface area contributed by atoms with Gasteiger partial charge >= 0.3 is 6.18 Å². The summed E-state index contributed by atoms with van der Waals surface area (Å²) in [5.41, 5.74) is 3.26. The Bertz CT molecular complexity index is 1100. The summed E-state index contributed by atoms with van der Waals surface area (Å²) < 4.78 is 33.3. The lowest BCUT2D eigenvalue weighted by molar-refractivity contribution is -0.344. The zero-order valence-electron chi connectivity index (χ0n) is 18.7. The van der Waals surface area contributed by atoms with Crippen LogP contribution in [0, 0.1) is 6.92 Å². The Morgan fingerprint density at radius 1 is 1.03 bits per heavy atom. The van der Waals surface area contributed by atoms with Crippen LogP contribution in [0.5, 0.6) is 0 Å². The highest BCUT2D eigenvalue weighted by Gasteiger charge is 2.28. The van der Waals surface area contributed by atoms with E-state index in [1.54, 1.807) is 4.68 Å². The Morgan fingerprint density at radius 3 is 2.06 bits per heavy atom. The van der Waals surface area contributed by atoms with E-state index >= 15 is 0 Å². The summed E-state index contributed by atoms with van der Waals surface area (Å²) in [4.78, 5) is 21.1. The molecule has 3 rings (SSSR count). The van der Waals surface area contributed by atoms with E-state index in [-0.39, 0.29) is 11.8 Å². The molecule has 0 aliphatic carbocycles. The molecule has 0 aliphatic heterocycles. The van der Waals surface area contributed by atoms with E-state index in [1.807, 2.05) is 67.7 Å². The molecule has 2 aromatic carbocycles. The Balaban J connectivity index is 0.000000540. The van der Waals surface area contributed by atoms with Gasteiger partial charge in [-0.15, -0.1) is 0 Å². The second kappa shape index (κ2) is 13.2. The first kappa shape index (κ1) is 28.2. The van der Waals surface area contributed by atoms with Gasteiger partial charge in [0.15, 0.2) is 0 Å². The van der Waals surface area contributed by atoms with Gasteiger partial charge in [-0.1, -0.05) is 47.5 Å². The van der Waals surface area contributed by atoms with E-state index < -0.39 is 12.1 Å². The lowest BCUT2D eigenvalue weighted by Gasteiger charge is -2.19. The monoisotopic (exact) mass is 528 g/mol. The Labute approximate surface area is 210 Å². The molecule has 1 amide bonds. The molecule has 188 valence electrons. The first-order valence-electron chi connectivity index (χ1n) is 10.5. The molecule has 1 heterocycles. The number of carbonyl (C=O) groups excluding carboxylic acids is 2. The van der Waals surface area contributed by atoms with E-state index in [9.17, 15) is 18.0 Å². The van der Waals surface area contributed by atoms with E-state index in [1.165, 1.54) is 5.56 Å². The second-order valence-corrected chi connectivity index (χ2v) is 8.51. The van der Waals surface area contributed by atoms with Gasteiger partial charge in [-0.3, -0.25) is 9.48 Å². The molecule has 35 heavy (non-hydrogen) atoms. The molecule has 0 unspecified atom stereocenters. The molecule has 0 saturated heterocycles. The SMILES string of the molecule is Cc1ccn(CCC(=O)NC[C@H](Cc2ccc(Cl)cc2)c2ccc(Cl)cc2)n1.O=C([O-])C(F)(F)F. The van der Waals surface area contributed by atoms with Crippen molar-refractivity contribution in [3.8, 4) is 0 Å². The summed E-state index contributed by atoms with van der Waals surface area (Å²) in [6.07, 6.45) is -2.10. The largest absolute Gasteiger partial charge is 0.542 e. The van der Waals surface area contributed by atoms with Crippen LogP contribution in [0.3, 0.4) is 0 Å². The number of benzene rings is 2. The summed E-state index contributed by atoms with van der Waals surface area (Å²) in [7, 11) is 0. The molecule has 0 spiro atoms. The number of carboxylic acid groups (broad SMARTS) is 1. The van der Waals surface area contributed by atoms with Crippen molar-refractivity contribution < 1.29 is 27.9 Å². The van der Waals surface area contributed by atoms with Gasteiger partial charge in [-0.25, -0.2) is 0 Å². The zero-order chi connectivity index (χ0) is 26.0. The summed E-state index contributed by atoms with van der Waals surface area (Å²) >= 11 is 12.0. The normalized spacial score (nSPS) is 11.8. The lowest BCUT2D eigenvalue weighted by Crippen LogP contribution is -2.37. The molecule has 1 atom stereocenters. The Morgan fingerprint density at radius 2 is 1.57 bits per heavy atom. The van der Waals surface area contributed by atoms with Gasteiger partial charge < -0.3 is 15.2 Å². The van der Waals surface area contributed by atoms with Crippen LogP contribution in [0.1, 0.15) is 29.2 Å². The number of carbonyl (C=O) groups is 2. The number of hydrogen-bond donors (Lipinski definition) is 1. The number of aromatic nitrogens is 2. The van der Waals surface area contributed by atoms with Gasteiger partial charge in [0.1, 0.15) is 5.97 Å². The highest BCUT2D eigenvalue weighted by Crippen LogP contribution is 2.23. The van der Waals surface area contributed by atoms with Crippen LogP contribution in [0.4, 0.5) is 13.2 Å². The van der Waals surface area contributed by atoms with Crippen LogP contribution in [0.15, 0.2) is 60.8 Å². The predicted molar refractivity (Wildman–Crippen MR) is 125 cm³/mol. The molecule has 0 radical (unpaired) electrons. The number of aliphatic carboxylic acids is 1. The molecule has 0 saturated carbocycles. The molecule has 1 N–H and O–H groups in total. The highest BCUT2D eigenvalue weighted by atomic mass is 35.5. The molecule has 3 aromatic rings. The fourth-order valence-electron chi connectivity index (χ4n) is 3.08. The van der Waals surface area contributed by atoms with Crippen molar-refractivity contribution >= 4 is 35.1 Å². The molecule has 6 nitrogen and oxygen atoms in total. The summed E-state index contributed by atoms with van der Waals surface area (Å²) in [5.74, 6) is -2.84. The van der Waals surface area contributed by atoms with E-state index in [0.29, 0.717) is 29.6 Å². The van der Waals surface area contributed by atoms with E-state index in [4.69, 9.17) is 33.1 Å². The highest BCUT2D eigenvalue weighted by molar-refractivity contribution is 6.30. The quantitative estimate of drug-likeness (QED) is 0.471. The molecule has 0 aliphatic rings. The van der Waals surface area contributed by atoms with Crippen LogP contribution in [-0.4, -0.2) is 34.4 Å². The van der Waals surface area contributed by atoms with Crippen LogP contribution in [0.2, 0.25) is 10.0 Å². The molecule has 11 heteroatoms. The third-order valence-electron chi connectivity index (χ3n) is 4.86. The molecular formula is C24H23Cl2F3N3O3-. The maximum absolute atomic E-state index is 12.3. The third kappa shape index (κ3) is 10.4. The van der Waals surface area contributed by atoms with Crippen LogP contribution >= 0.6 is 23.2 Å². The molecular weight excluding hydrogens is 506 g/mol. The van der Waals surface area contributed by atoms with E-state index in [2.05, 4.69) is 10.4 Å². The van der Waals surface area contributed by atoms with Gasteiger partial charge in [0.05, 0.1) is 5.69 Å². The maximum Gasteiger partial charge on any atom is 0.430 e. The molecule has 0 bridgehead atoms.